The number of nitrogen functional groups attached to an aromatic ring is 1. The van der Waals surface area contributed by atoms with Gasteiger partial charge in [0, 0.05) is 41.7 Å². The minimum absolute atomic E-state index is 0.171. The van der Waals surface area contributed by atoms with Crippen molar-refractivity contribution in [1.82, 2.24) is 29.1 Å². The molecule has 2 N–H and O–H groups in total. The average molecular weight is 424 g/mol. The van der Waals surface area contributed by atoms with Crippen molar-refractivity contribution in [3.63, 3.8) is 0 Å². The molecule has 5 aromatic rings. The molecule has 32 heavy (non-hydrogen) atoms. The van der Waals surface area contributed by atoms with Gasteiger partial charge in [-0.2, -0.15) is 0 Å². The van der Waals surface area contributed by atoms with Crippen LogP contribution < -0.4 is 5.73 Å². The highest BCUT2D eigenvalue weighted by molar-refractivity contribution is 5.88. The molecule has 5 rings (SSSR count). The molecule has 7 nitrogen and oxygen atoms in total. The molecule has 0 saturated heterocycles. The Labute approximate surface area is 186 Å². The summed E-state index contributed by atoms with van der Waals surface area (Å²) in [4.78, 5) is 17.7. The Hall–Kier alpha value is -4.00. The van der Waals surface area contributed by atoms with Crippen LogP contribution in [0.1, 0.15) is 20.8 Å². The monoisotopic (exact) mass is 423 g/mol. The second-order valence-electron chi connectivity index (χ2n) is 8.91. The van der Waals surface area contributed by atoms with E-state index in [9.17, 15) is 0 Å². The lowest BCUT2D eigenvalue weighted by Gasteiger charge is -2.25. The molecule has 0 aliphatic carbocycles. The van der Waals surface area contributed by atoms with Gasteiger partial charge in [-0.15, -0.1) is 0 Å². The van der Waals surface area contributed by atoms with Crippen molar-refractivity contribution in [2.24, 2.45) is 7.05 Å². The van der Waals surface area contributed by atoms with E-state index >= 15 is 0 Å². The minimum Gasteiger partial charge on any atom is -0.368 e. The number of imidazole rings is 2. The lowest BCUT2D eigenvalue weighted by molar-refractivity contribution is 0.413. The van der Waals surface area contributed by atoms with Crippen LogP contribution in [0.25, 0.3) is 44.8 Å². The molecule has 0 fully saturated rings. The zero-order valence-electron chi connectivity index (χ0n) is 18.6. The molecule has 0 saturated carbocycles. The molecule has 0 bridgehead atoms. The third kappa shape index (κ3) is 3.32. The zero-order valence-corrected chi connectivity index (χ0v) is 18.6. The van der Waals surface area contributed by atoms with Crippen molar-refractivity contribution in [2.75, 3.05) is 5.73 Å². The van der Waals surface area contributed by atoms with Gasteiger partial charge in [-0.3, -0.25) is 0 Å². The molecule has 0 spiro atoms. The second kappa shape index (κ2) is 7.30. The van der Waals surface area contributed by atoms with E-state index in [1.165, 1.54) is 0 Å². The van der Waals surface area contributed by atoms with Gasteiger partial charge in [-0.25, -0.2) is 19.9 Å². The summed E-state index contributed by atoms with van der Waals surface area (Å²) < 4.78 is 4.34. The number of nitrogens with zero attached hydrogens (tertiary/aromatic N) is 6. The van der Waals surface area contributed by atoms with Crippen LogP contribution in [0.4, 0.5) is 5.95 Å². The third-order valence-corrected chi connectivity index (χ3v) is 5.59. The molecule has 0 aliphatic rings. The van der Waals surface area contributed by atoms with Gasteiger partial charge in [0.25, 0.3) is 0 Å². The van der Waals surface area contributed by atoms with Crippen LogP contribution in [-0.4, -0.2) is 29.1 Å². The first-order chi connectivity index (χ1) is 15.3. The van der Waals surface area contributed by atoms with E-state index in [1.807, 2.05) is 24.1 Å². The van der Waals surface area contributed by atoms with Crippen molar-refractivity contribution >= 4 is 17.0 Å². The predicted octanol–water partition coefficient (Wildman–Crippen LogP) is 4.90. The number of aryl methyl sites for hydroxylation is 1. The van der Waals surface area contributed by atoms with Gasteiger partial charge >= 0.3 is 0 Å². The van der Waals surface area contributed by atoms with Crippen molar-refractivity contribution in [3.05, 3.63) is 67.4 Å². The van der Waals surface area contributed by atoms with E-state index in [0.717, 1.165) is 44.8 Å². The topological polar surface area (TPSA) is 87.4 Å². The summed E-state index contributed by atoms with van der Waals surface area (Å²) in [5, 5.41) is 0. The lowest BCUT2D eigenvalue weighted by atomic mass is 10.0. The van der Waals surface area contributed by atoms with E-state index in [0.29, 0.717) is 0 Å². The van der Waals surface area contributed by atoms with Crippen LogP contribution in [0.5, 0.6) is 0 Å². The summed E-state index contributed by atoms with van der Waals surface area (Å²) in [7, 11) is 2.01. The van der Waals surface area contributed by atoms with Gasteiger partial charge < -0.3 is 14.9 Å². The fourth-order valence-electron chi connectivity index (χ4n) is 4.12. The number of nitrogens with two attached hydrogens (primary N) is 1. The molecular weight excluding hydrogens is 398 g/mol. The van der Waals surface area contributed by atoms with Crippen molar-refractivity contribution in [2.45, 2.75) is 26.3 Å². The highest BCUT2D eigenvalue weighted by Crippen LogP contribution is 2.37. The van der Waals surface area contributed by atoms with Crippen LogP contribution >= 0.6 is 0 Å². The number of rotatable bonds is 3. The number of hydrogen-bond donors (Lipinski definition) is 1. The van der Waals surface area contributed by atoms with E-state index < -0.39 is 0 Å². The molecule has 0 atom stereocenters. The predicted molar refractivity (Wildman–Crippen MR) is 128 cm³/mol. The molecule has 0 amide bonds. The van der Waals surface area contributed by atoms with Crippen molar-refractivity contribution in [3.8, 4) is 33.8 Å². The molecular formula is C25H25N7. The summed E-state index contributed by atoms with van der Waals surface area (Å²) in [6.07, 6.45) is 7.19. The maximum atomic E-state index is 5.65. The summed E-state index contributed by atoms with van der Waals surface area (Å²) >= 11 is 0. The van der Waals surface area contributed by atoms with Crippen LogP contribution in [-0.2, 0) is 12.6 Å². The molecule has 0 aliphatic heterocycles. The van der Waals surface area contributed by atoms with E-state index in [4.69, 9.17) is 10.7 Å². The maximum Gasteiger partial charge on any atom is 0.219 e. The Balaban J connectivity index is 1.75. The van der Waals surface area contributed by atoms with Crippen molar-refractivity contribution < 1.29 is 0 Å². The fraction of sp³-hybridized carbons (Fsp3) is 0.200. The number of benzene rings is 2. The summed E-state index contributed by atoms with van der Waals surface area (Å²) in [5.74, 6) is 1.19. The lowest BCUT2D eigenvalue weighted by Crippen LogP contribution is -2.22. The average Bonchev–Trinajstić information content (AvgIpc) is 3.37. The van der Waals surface area contributed by atoms with Crippen LogP contribution in [0.15, 0.2) is 67.4 Å². The Morgan fingerprint density at radius 2 is 1.59 bits per heavy atom. The Morgan fingerprint density at radius 1 is 0.875 bits per heavy atom. The zero-order chi connectivity index (χ0) is 22.5. The summed E-state index contributed by atoms with van der Waals surface area (Å²) in [5.41, 5.74) is 12.6. The van der Waals surface area contributed by atoms with Gasteiger partial charge in [0.15, 0.2) is 0 Å². The smallest absolute Gasteiger partial charge is 0.219 e. The number of hydrogen-bond acceptors (Lipinski definition) is 5. The second-order valence-corrected chi connectivity index (χ2v) is 8.91. The number of fused-ring (bicyclic) bond motifs is 1. The first-order valence-corrected chi connectivity index (χ1v) is 10.5. The first-order valence-electron chi connectivity index (χ1n) is 10.5. The summed E-state index contributed by atoms with van der Waals surface area (Å²) in [6, 6.07) is 14.6. The van der Waals surface area contributed by atoms with Crippen LogP contribution in [0.3, 0.4) is 0 Å². The highest BCUT2D eigenvalue weighted by atomic mass is 15.1. The number of aromatic nitrogens is 6. The quantitative estimate of drug-likeness (QED) is 0.446. The normalized spacial score (nSPS) is 11.9. The SMILES string of the molecule is Cn1cncc1-c1ccccc1-c1nc2cc(-c3cnc(N)nc3)ccc2n1C(C)(C)C. The third-order valence-electron chi connectivity index (χ3n) is 5.59. The Kier molecular flexibility index (Phi) is 4.55. The van der Waals surface area contributed by atoms with Gasteiger partial charge in [-0.05, 0) is 38.5 Å². The van der Waals surface area contributed by atoms with Gasteiger partial charge in [-0.1, -0.05) is 30.3 Å². The van der Waals surface area contributed by atoms with E-state index in [1.54, 1.807) is 12.4 Å². The molecule has 0 unspecified atom stereocenters. The molecule has 7 heteroatoms. The van der Waals surface area contributed by atoms with Gasteiger partial charge in [0.05, 0.1) is 29.3 Å². The minimum atomic E-state index is -0.171. The molecule has 3 heterocycles. The molecule has 2 aromatic carbocycles. The largest absolute Gasteiger partial charge is 0.368 e. The summed E-state index contributed by atoms with van der Waals surface area (Å²) in [6.45, 7) is 6.60. The van der Waals surface area contributed by atoms with Crippen LogP contribution in [0.2, 0.25) is 0 Å². The van der Waals surface area contributed by atoms with Crippen molar-refractivity contribution in [1.29, 1.82) is 0 Å². The Morgan fingerprint density at radius 3 is 2.25 bits per heavy atom. The molecule has 160 valence electrons. The van der Waals surface area contributed by atoms with E-state index in [2.05, 4.69) is 82.8 Å². The maximum absolute atomic E-state index is 5.65. The highest BCUT2D eigenvalue weighted by Gasteiger charge is 2.24. The first kappa shape index (κ1) is 19.9. The van der Waals surface area contributed by atoms with Gasteiger partial charge in [0.2, 0.25) is 5.95 Å². The van der Waals surface area contributed by atoms with Gasteiger partial charge in [0.1, 0.15) is 5.82 Å². The standard InChI is InChI=1S/C25H25N7/c1-25(2,3)32-21-10-9-16(17-12-28-24(26)29-13-17)11-20(21)30-23(32)19-8-6-5-7-18(19)22-14-27-15-31(22)4/h5-15H,1-4H3,(H2,26,28,29). The van der Waals surface area contributed by atoms with Crippen LogP contribution in [0, 0.1) is 0 Å². The molecule has 0 radical (unpaired) electrons. The molecule has 3 aromatic heterocycles. The van der Waals surface area contributed by atoms with E-state index in [-0.39, 0.29) is 11.5 Å². The fourth-order valence-corrected chi connectivity index (χ4v) is 4.12. The number of anilines is 1. The Bertz CT molecular complexity index is 1420.